The maximum absolute atomic E-state index is 12.2. The van der Waals surface area contributed by atoms with Crippen LogP contribution in [0.25, 0.3) is 0 Å². The number of thioether (sulfide) groups is 1. The molecule has 2 aromatic carbocycles. The number of halogens is 1. The zero-order valence-electron chi connectivity index (χ0n) is 15.3. The average molecular weight is 449 g/mol. The van der Waals surface area contributed by atoms with Crippen LogP contribution in [0.2, 0.25) is 5.02 Å². The van der Waals surface area contributed by atoms with Gasteiger partial charge in [0.1, 0.15) is 5.75 Å². The molecule has 0 aliphatic rings. The highest BCUT2D eigenvalue weighted by Crippen LogP contribution is 2.27. The molecule has 2 amide bonds. The van der Waals surface area contributed by atoms with Gasteiger partial charge in [0.25, 0.3) is 5.91 Å². The summed E-state index contributed by atoms with van der Waals surface area (Å²) in [6.45, 7) is 2.39. The predicted molar refractivity (Wildman–Crippen MR) is 116 cm³/mol. The van der Waals surface area contributed by atoms with E-state index in [9.17, 15) is 9.59 Å². The highest BCUT2D eigenvalue weighted by molar-refractivity contribution is 8.01. The molecule has 0 atom stereocenters. The van der Waals surface area contributed by atoms with E-state index in [-0.39, 0.29) is 17.6 Å². The van der Waals surface area contributed by atoms with E-state index in [4.69, 9.17) is 16.3 Å². The Morgan fingerprint density at radius 1 is 1.10 bits per heavy atom. The van der Waals surface area contributed by atoms with Crippen LogP contribution in [0.5, 0.6) is 5.75 Å². The SMILES string of the molecule is CCOc1ccccc1NC(=O)CSc1nnc(NC(=O)c2ccc(Cl)cc2)s1. The third-order valence-electron chi connectivity index (χ3n) is 3.52. The van der Waals surface area contributed by atoms with Gasteiger partial charge in [0.05, 0.1) is 18.0 Å². The maximum atomic E-state index is 12.2. The molecule has 29 heavy (non-hydrogen) atoms. The fraction of sp³-hybridized carbons (Fsp3) is 0.158. The molecule has 7 nitrogen and oxygen atoms in total. The normalized spacial score (nSPS) is 10.4. The zero-order valence-corrected chi connectivity index (χ0v) is 17.7. The van der Waals surface area contributed by atoms with Crippen molar-refractivity contribution in [3.8, 4) is 5.75 Å². The summed E-state index contributed by atoms with van der Waals surface area (Å²) in [4.78, 5) is 24.4. The van der Waals surface area contributed by atoms with Crippen molar-refractivity contribution in [2.45, 2.75) is 11.3 Å². The topological polar surface area (TPSA) is 93.2 Å². The van der Waals surface area contributed by atoms with E-state index < -0.39 is 0 Å². The minimum Gasteiger partial charge on any atom is -0.492 e. The molecule has 0 aliphatic heterocycles. The summed E-state index contributed by atoms with van der Waals surface area (Å²) in [7, 11) is 0. The van der Waals surface area contributed by atoms with Gasteiger partial charge < -0.3 is 10.1 Å². The van der Waals surface area contributed by atoms with Gasteiger partial charge in [-0.05, 0) is 43.3 Å². The Morgan fingerprint density at radius 2 is 1.86 bits per heavy atom. The lowest BCUT2D eigenvalue weighted by Gasteiger charge is -2.10. The van der Waals surface area contributed by atoms with E-state index in [1.54, 1.807) is 36.4 Å². The Kier molecular flexibility index (Phi) is 7.45. The van der Waals surface area contributed by atoms with Gasteiger partial charge in [0.15, 0.2) is 4.34 Å². The van der Waals surface area contributed by atoms with Gasteiger partial charge in [0.2, 0.25) is 11.0 Å². The Labute approximate surface area is 180 Å². The monoisotopic (exact) mass is 448 g/mol. The summed E-state index contributed by atoms with van der Waals surface area (Å²) < 4.78 is 6.07. The van der Waals surface area contributed by atoms with E-state index in [1.807, 2.05) is 19.1 Å². The number of carbonyl (C=O) groups is 2. The van der Waals surface area contributed by atoms with Crippen molar-refractivity contribution in [2.24, 2.45) is 0 Å². The molecule has 0 aliphatic carbocycles. The highest BCUT2D eigenvalue weighted by atomic mass is 35.5. The third kappa shape index (κ3) is 6.18. The number of nitrogens with one attached hydrogen (secondary N) is 2. The van der Waals surface area contributed by atoms with Crippen molar-refractivity contribution in [1.29, 1.82) is 0 Å². The fourth-order valence-corrected chi connectivity index (χ4v) is 3.93. The second-order valence-electron chi connectivity index (χ2n) is 5.60. The van der Waals surface area contributed by atoms with Crippen LogP contribution in [0.15, 0.2) is 52.9 Å². The molecule has 1 heterocycles. The smallest absolute Gasteiger partial charge is 0.257 e. The number of aromatic nitrogens is 2. The first-order valence-electron chi connectivity index (χ1n) is 8.60. The van der Waals surface area contributed by atoms with Crippen molar-refractivity contribution >= 4 is 57.3 Å². The van der Waals surface area contributed by atoms with Crippen LogP contribution in [-0.4, -0.2) is 34.4 Å². The van der Waals surface area contributed by atoms with Gasteiger partial charge in [-0.1, -0.05) is 46.8 Å². The second kappa shape index (κ2) is 10.2. The molecule has 0 saturated carbocycles. The molecule has 150 valence electrons. The molecule has 0 radical (unpaired) electrons. The molecule has 2 N–H and O–H groups in total. The van der Waals surface area contributed by atoms with Crippen LogP contribution in [0.3, 0.4) is 0 Å². The summed E-state index contributed by atoms with van der Waals surface area (Å²) in [6.07, 6.45) is 0. The van der Waals surface area contributed by atoms with Gasteiger partial charge in [-0.25, -0.2) is 0 Å². The molecule has 3 rings (SSSR count). The molecule has 0 bridgehead atoms. The van der Waals surface area contributed by atoms with Gasteiger partial charge in [-0.3, -0.25) is 14.9 Å². The van der Waals surface area contributed by atoms with Gasteiger partial charge in [0, 0.05) is 10.6 Å². The lowest BCUT2D eigenvalue weighted by molar-refractivity contribution is -0.113. The maximum Gasteiger partial charge on any atom is 0.257 e. The number of carbonyl (C=O) groups excluding carboxylic acids is 2. The van der Waals surface area contributed by atoms with Crippen LogP contribution < -0.4 is 15.4 Å². The number of para-hydroxylation sites is 2. The van der Waals surface area contributed by atoms with Crippen molar-refractivity contribution in [1.82, 2.24) is 10.2 Å². The van der Waals surface area contributed by atoms with Gasteiger partial charge in [-0.15, -0.1) is 10.2 Å². The predicted octanol–water partition coefficient (Wildman–Crippen LogP) is 4.57. The number of anilines is 2. The first-order chi connectivity index (χ1) is 14.0. The van der Waals surface area contributed by atoms with E-state index in [1.165, 1.54) is 23.1 Å². The molecule has 1 aromatic heterocycles. The largest absolute Gasteiger partial charge is 0.492 e. The summed E-state index contributed by atoms with van der Waals surface area (Å²) in [5, 5.41) is 14.3. The molecule has 10 heteroatoms. The van der Waals surface area contributed by atoms with Crippen LogP contribution >= 0.6 is 34.7 Å². The van der Waals surface area contributed by atoms with Gasteiger partial charge >= 0.3 is 0 Å². The van der Waals surface area contributed by atoms with E-state index in [0.717, 1.165) is 0 Å². The van der Waals surface area contributed by atoms with Crippen LogP contribution in [-0.2, 0) is 4.79 Å². The Bertz CT molecular complexity index is 995. The number of nitrogens with zero attached hydrogens (tertiary/aromatic N) is 2. The van der Waals surface area contributed by atoms with Crippen molar-refractivity contribution in [3.63, 3.8) is 0 Å². The number of hydrogen-bond acceptors (Lipinski definition) is 7. The van der Waals surface area contributed by atoms with Gasteiger partial charge in [-0.2, -0.15) is 0 Å². The molecule has 3 aromatic rings. The minimum atomic E-state index is -0.306. The van der Waals surface area contributed by atoms with Crippen molar-refractivity contribution < 1.29 is 14.3 Å². The number of ether oxygens (including phenoxy) is 1. The third-order valence-corrected chi connectivity index (χ3v) is 5.75. The standard InChI is InChI=1S/C19H17ClN4O3S2/c1-2-27-15-6-4-3-5-14(15)21-16(25)11-28-19-24-23-18(29-19)22-17(26)12-7-9-13(20)10-8-12/h3-10H,2,11H2,1H3,(H,21,25)(H,22,23,26). The summed E-state index contributed by atoms with van der Waals surface area (Å²) in [5.41, 5.74) is 1.08. The number of hydrogen-bond donors (Lipinski definition) is 2. The Balaban J connectivity index is 1.52. The Morgan fingerprint density at radius 3 is 2.62 bits per heavy atom. The summed E-state index contributed by atoms with van der Waals surface area (Å²) in [5.74, 6) is 0.278. The van der Waals surface area contributed by atoms with Crippen LogP contribution in [0.4, 0.5) is 10.8 Å². The minimum absolute atomic E-state index is 0.153. The molecular weight excluding hydrogens is 432 g/mol. The number of rotatable bonds is 8. The molecular formula is C19H17ClN4O3S2. The molecule has 0 fully saturated rings. The number of amides is 2. The average Bonchev–Trinajstić information content (AvgIpc) is 3.16. The Hall–Kier alpha value is -2.62. The summed E-state index contributed by atoms with van der Waals surface area (Å²) in [6, 6.07) is 13.8. The lowest BCUT2D eigenvalue weighted by Crippen LogP contribution is -2.14. The van der Waals surface area contributed by atoms with Crippen molar-refractivity contribution in [3.05, 3.63) is 59.1 Å². The van der Waals surface area contributed by atoms with E-state index in [0.29, 0.717) is 38.1 Å². The van der Waals surface area contributed by atoms with E-state index in [2.05, 4.69) is 20.8 Å². The summed E-state index contributed by atoms with van der Waals surface area (Å²) >= 11 is 8.25. The first-order valence-corrected chi connectivity index (χ1v) is 10.8. The number of benzene rings is 2. The van der Waals surface area contributed by atoms with E-state index >= 15 is 0 Å². The molecule has 0 spiro atoms. The second-order valence-corrected chi connectivity index (χ2v) is 8.24. The quantitative estimate of drug-likeness (QED) is 0.387. The highest BCUT2D eigenvalue weighted by Gasteiger charge is 2.13. The van der Waals surface area contributed by atoms with Crippen LogP contribution in [0.1, 0.15) is 17.3 Å². The lowest BCUT2D eigenvalue weighted by atomic mass is 10.2. The van der Waals surface area contributed by atoms with Crippen LogP contribution in [0, 0.1) is 0 Å². The zero-order chi connectivity index (χ0) is 20.6. The molecule has 0 saturated heterocycles. The van der Waals surface area contributed by atoms with Crippen molar-refractivity contribution in [2.75, 3.05) is 23.0 Å². The fourth-order valence-electron chi connectivity index (χ4n) is 2.25. The molecule has 0 unspecified atom stereocenters. The first kappa shape index (κ1) is 21.1.